The normalized spacial score (nSPS) is 16.6. The molecule has 13 heteroatoms. The number of allylic oxidation sites excluding steroid dienone is 2. The predicted molar refractivity (Wildman–Crippen MR) is 163 cm³/mol. The van der Waals surface area contributed by atoms with E-state index in [4.69, 9.17) is 4.74 Å². The molecule has 6 rings (SSSR count). The van der Waals surface area contributed by atoms with Gasteiger partial charge in [0.2, 0.25) is 17.8 Å². The number of alkyl halides is 3. The van der Waals surface area contributed by atoms with E-state index in [1.54, 1.807) is 58.1 Å². The van der Waals surface area contributed by atoms with Crippen molar-refractivity contribution >= 4 is 29.1 Å². The van der Waals surface area contributed by atoms with Gasteiger partial charge >= 0.3 is 6.18 Å². The van der Waals surface area contributed by atoms with Crippen molar-refractivity contribution in [2.24, 2.45) is 5.92 Å². The fraction of sp³-hybridized carbons (Fsp3) is 0.273. The number of carbonyl (C=O) groups is 2. The molecule has 1 fully saturated rings. The molecular formula is C33H30F4N6O3. The molecule has 0 radical (unpaired) electrons. The van der Waals surface area contributed by atoms with Gasteiger partial charge in [-0.25, -0.2) is 8.91 Å². The van der Waals surface area contributed by atoms with Crippen molar-refractivity contribution in [3.05, 3.63) is 102 Å². The lowest BCUT2D eigenvalue weighted by molar-refractivity contribution is -0.165. The van der Waals surface area contributed by atoms with Gasteiger partial charge in [-0.15, -0.1) is 5.10 Å². The molecule has 0 saturated carbocycles. The largest absolute Gasteiger partial charge is 0.486 e. The first-order chi connectivity index (χ1) is 22.1. The molecule has 2 aliphatic rings. The van der Waals surface area contributed by atoms with E-state index in [-0.39, 0.29) is 47.9 Å². The zero-order chi connectivity index (χ0) is 32.3. The van der Waals surface area contributed by atoms with Gasteiger partial charge in [0.1, 0.15) is 11.6 Å². The quantitative estimate of drug-likeness (QED) is 0.215. The van der Waals surface area contributed by atoms with Gasteiger partial charge in [0, 0.05) is 37.0 Å². The summed E-state index contributed by atoms with van der Waals surface area (Å²) < 4.78 is 58.9. The van der Waals surface area contributed by atoms with Crippen LogP contribution in [0.5, 0.6) is 0 Å². The average molecular weight is 635 g/mol. The summed E-state index contributed by atoms with van der Waals surface area (Å²) in [6.45, 7) is -0.197. The van der Waals surface area contributed by atoms with Crippen LogP contribution in [0, 0.1) is 11.7 Å². The smallest absolute Gasteiger partial charge is 0.422 e. The van der Waals surface area contributed by atoms with Crippen molar-refractivity contribution in [1.82, 2.24) is 19.5 Å². The molecule has 2 aromatic heterocycles. The maximum Gasteiger partial charge on any atom is 0.422 e. The SMILES string of the molecule is O=C(Cc1ccc(F)cc1)Nc1ccc(-c2ccc3nc(NC4=C(OCC(F)(F)F)CC(C(=O)N5CCCC5)C=C4)nn3c2)cc1. The van der Waals surface area contributed by atoms with Crippen LogP contribution in [0.1, 0.15) is 24.8 Å². The van der Waals surface area contributed by atoms with Crippen molar-refractivity contribution in [2.75, 3.05) is 30.3 Å². The lowest BCUT2D eigenvalue weighted by Gasteiger charge is -2.26. The number of hydrogen-bond acceptors (Lipinski definition) is 6. The Morgan fingerprint density at radius 2 is 1.67 bits per heavy atom. The summed E-state index contributed by atoms with van der Waals surface area (Å²) in [5.74, 6) is -1.17. The maximum atomic E-state index is 13.1. The second-order valence-corrected chi connectivity index (χ2v) is 11.2. The van der Waals surface area contributed by atoms with E-state index in [0.29, 0.717) is 30.0 Å². The molecule has 1 unspecified atom stereocenters. The summed E-state index contributed by atoms with van der Waals surface area (Å²) in [7, 11) is 0. The number of nitrogens with one attached hydrogen (secondary N) is 2. The first-order valence-corrected chi connectivity index (χ1v) is 14.8. The number of rotatable bonds is 9. The molecule has 1 aliphatic carbocycles. The van der Waals surface area contributed by atoms with Crippen molar-refractivity contribution in [3.63, 3.8) is 0 Å². The summed E-state index contributed by atoms with van der Waals surface area (Å²) in [5, 5.41) is 10.2. The number of ether oxygens (including phenoxy) is 1. The molecule has 1 aliphatic heterocycles. The highest BCUT2D eigenvalue weighted by Gasteiger charge is 2.33. The molecule has 1 atom stereocenters. The number of amides is 2. The molecule has 0 bridgehead atoms. The van der Waals surface area contributed by atoms with Gasteiger partial charge in [0.15, 0.2) is 12.3 Å². The first kappa shape index (κ1) is 30.8. The second-order valence-electron chi connectivity index (χ2n) is 11.2. The van der Waals surface area contributed by atoms with E-state index >= 15 is 0 Å². The van der Waals surface area contributed by atoms with Crippen LogP contribution in [0.15, 0.2) is 90.5 Å². The summed E-state index contributed by atoms with van der Waals surface area (Å²) in [4.78, 5) is 31.5. The Hall–Kier alpha value is -5.20. The fourth-order valence-corrected chi connectivity index (χ4v) is 5.41. The van der Waals surface area contributed by atoms with Crippen LogP contribution in [0.4, 0.5) is 29.2 Å². The van der Waals surface area contributed by atoms with Crippen LogP contribution in [0.2, 0.25) is 0 Å². The third kappa shape index (κ3) is 7.53. The van der Waals surface area contributed by atoms with E-state index in [1.165, 1.54) is 12.1 Å². The number of halogens is 4. The molecule has 3 heterocycles. The van der Waals surface area contributed by atoms with Gasteiger partial charge in [-0.2, -0.15) is 18.2 Å². The minimum atomic E-state index is -4.54. The van der Waals surface area contributed by atoms with Crippen LogP contribution >= 0.6 is 0 Å². The predicted octanol–water partition coefficient (Wildman–Crippen LogP) is 6.12. The highest BCUT2D eigenvalue weighted by atomic mass is 19.4. The molecule has 238 valence electrons. The van der Waals surface area contributed by atoms with Crippen molar-refractivity contribution in [1.29, 1.82) is 0 Å². The Bertz CT molecular complexity index is 1790. The standard InChI is InChI=1S/C33H30F4N6O3/c34-25-9-3-21(4-10-25)17-30(44)38-26-11-5-22(6-12-26)24-8-14-29-40-32(41-43(29)19-24)39-27-13-7-23(31(45)42-15-1-2-16-42)18-28(27)46-20-33(35,36)37/h3-14,19,23H,1-2,15-18,20H2,(H,38,44)(H,39,41). The Morgan fingerprint density at radius 1 is 0.957 bits per heavy atom. The highest BCUT2D eigenvalue weighted by molar-refractivity contribution is 5.92. The third-order valence-corrected chi connectivity index (χ3v) is 7.70. The molecule has 2 aromatic carbocycles. The van der Waals surface area contributed by atoms with Gasteiger partial charge in [0.05, 0.1) is 18.0 Å². The molecule has 1 saturated heterocycles. The monoisotopic (exact) mass is 634 g/mol. The van der Waals surface area contributed by atoms with E-state index in [2.05, 4.69) is 20.7 Å². The summed E-state index contributed by atoms with van der Waals surface area (Å²) in [5.41, 5.74) is 3.70. The van der Waals surface area contributed by atoms with Gasteiger partial charge < -0.3 is 20.3 Å². The van der Waals surface area contributed by atoms with Gasteiger partial charge in [-0.05, 0) is 66.4 Å². The highest BCUT2D eigenvalue weighted by Crippen LogP contribution is 2.30. The number of aromatic nitrogens is 3. The molecule has 9 nitrogen and oxygen atoms in total. The van der Waals surface area contributed by atoms with Crippen LogP contribution in [-0.2, 0) is 20.7 Å². The van der Waals surface area contributed by atoms with Crippen LogP contribution in [0.25, 0.3) is 16.8 Å². The minimum absolute atomic E-state index is 0.00947. The summed E-state index contributed by atoms with van der Waals surface area (Å²) in [6, 6.07) is 16.6. The van der Waals surface area contributed by atoms with Crippen molar-refractivity contribution in [2.45, 2.75) is 31.9 Å². The number of benzene rings is 2. The first-order valence-electron chi connectivity index (χ1n) is 14.8. The van der Waals surface area contributed by atoms with E-state index in [1.807, 2.05) is 18.2 Å². The van der Waals surface area contributed by atoms with Crippen LogP contribution in [-0.4, -0.2) is 57.2 Å². The zero-order valence-electron chi connectivity index (χ0n) is 24.6. The van der Waals surface area contributed by atoms with E-state index < -0.39 is 18.7 Å². The molecule has 0 spiro atoms. The third-order valence-electron chi connectivity index (χ3n) is 7.70. The number of anilines is 2. The summed E-state index contributed by atoms with van der Waals surface area (Å²) in [6.07, 6.45) is 2.36. The number of fused-ring (bicyclic) bond motifs is 1. The summed E-state index contributed by atoms with van der Waals surface area (Å²) >= 11 is 0. The molecule has 46 heavy (non-hydrogen) atoms. The number of hydrogen-bond donors (Lipinski definition) is 2. The Kier molecular flexibility index (Phi) is 8.73. The Labute approximate surface area is 261 Å². The Balaban J connectivity index is 1.14. The zero-order valence-corrected chi connectivity index (χ0v) is 24.6. The van der Waals surface area contributed by atoms with Gasteiger partial charge in [-0.1, -0.05) is 30.3 Å². The van der Waals surface area contributed by atoms with Gasteiger partial charge in [0.25, 0.3) is 0 Å². The lowest BCUT2D eigenvalue weighted by atomic mass is 9.96. The fourth-order valence-electron chi connectivity index (χ4n) is 5.41. The van der Waals surface area contributed by atoms with Crippen molar-refractivity contribution < 1.29 is 31.9 Å². The average Bonchev–Trinajstić information content (AvgIpc) is 3.71. The number of nitrogens with zero attached hydrogens (tertiary/aromatic N) is 4. The maximum absolute atomic E-state index is 13.1. The molecule has 2 N–H and O–H groups in total. The van der Waals surface area contributed by atoms with Crippen LogP contribution in [0.3, 0.4) is 0 Å². The topological polar surface area (TPSA) is 101 Å². The van der Waals surface area contributed by atoms with E-state index in [9.17, 15) is 27.2 Å². The Morgan fingerprint density at radius 3 is 2.39 bits per heavy atom. The lowest BCUT2D eigenvalue weighted by Crippen LogP contribution is -2.34. The number of likely N-dealkylation sites (tertiary alicyclic amines) is 1. The number of pyridine rings is 1. The van der Waals surface area contributed by atoms with Gasteiger partial charge in [-0.3, -0.25) is 9.59 Å². The molecular weight excluding hydrogens is 604 g/mol. The van der Waals surface area contributed by atoms with Crippen molar-refractivity contribution in [3.8, 4) is 11.1 Å². The minimum Gasteiger partial charge on any atom is -0.486 e. The van der Waals surface area contributed by atoms with Crippen LogP contribution < -0.4 is 10.6 Å². The molecule has 4 aromatic rings. The molecule has 2 amide bonds. The van der Waals surface area contributed by atoms with E-state index in [0.717, 1.165) is 24.0 Å². The second kappa shape index (κ2) is 13.0. The number of carbonyl (C=O) groups excluding carboxylic acids is 2.